The maximum absolute atomic E-state index is 12.1. The van der Waals surface area contributed by atoms with Gasteiger partial charge in [-0.2, -0.15) is 0 Å². The molecule has 0 unspecified atom stereocenters. The van der Waals surface area contributed by atoms with Crippen LogP contribution in [0.1, 0.15) is 22.9 Å². The van der Waals surface area contributed by atoms with E-state index in [1.807, 2.05) is 0 Å². The van der Waals surface area contributed by atoms with Gasteiger partial charge in [-0.1, -0.05) is 0 Å². The molecule has 0 bridgehead atoms. The topological polar surface area (TPSA) is 85.3 Å². The quantitative estimate of drug-likeness (QED) is 0.740. The van der Waals surface area contributed by atoms with Gasteiger partial charge in [0, 0.05) is 26.2 Å². The highest BCUT2D eigenvalue weighted by molar-refractivity contribution is 5.90. The molecule has 1 aromatic rings. The van der Waals surface area contributed by atoms with Crippen LogP contribution in [-0.4, -0.2) is 75.3 Å². The number of nitrogens with one attached hydrogen (secondary N) is 1. The Hall–Kier alpha value is -1.47. The van der Waals surface area contributed by atoms with Gasteiger partial charge >= 0.3 is 0 Å². The lowest BCUT2D eigenvalue weighted by Gasteiger charge is -2.20. The number of carbonyl (C=O) groups excluding carboxylic acids is 1. The average molecular weight is 253 g/mol. The molecule has 0 spiro atoms. The summed E-state index contributed by atoms with van der Waals surface area (Å²) in [7, 11) is 0. The van der Waals surface area contributed by atoms with E-state index in [-0.39, 0.29) is 18.3 Å². The van der Waals surface area contributed by atoms with Crippen LogP contribution in [0, 0.1) is 6.92 Å². The molecule has 1 amide bonds. The zero-order chi connectivity index (χ0) is 13.0. The highest BCUT2D eigenvalue weighted by Crippen LogP contribution is 2.06. The molecule has 7 heteroatoms. The molecule has 1 aliphatic heterocycles. The number of carbonyl (C=O) groups is 1. The third kappa shape index (κ3) is 3.05. The summed E-state index contributed by atoms with van der Waals surface area (Å²) in [6, 6.07) is 0. The van der Waals surface area contributed by atoms with Crippen LogP contribution in [0.4, 0.5) is 0 Å². The number of aromatic amines is 1. The van der Waals surface area contributed by atoms with Gasteiger partial charge in [-0.05, 0) is 19.9 Å². The standard InChI is InChI=1S/C11H19N5O2/c1-9-12-10(14-13-9)11(18)16-4-2-3-15(5-6-16)7-8-17/h17H,2-8H2,1H3,(H,12,13,14). The molecule has 1 saturated heterocycles. The molecule has 0 aromatic carbocycles. The maximum Gasteiger partial charge on any atom is 0.293 e. The molecule has 18 heavy (non-hydrogen) atoms. The minimum Gasteiger partial charge on any atom is -0.395 e. The Labute approximate surface area is 106 Å². The summed E-state index contributed by atoms with van der Waals surface area (Å²) in [6.07, 6.45) is 0.912. The van der Waals surface area contributed by atoms with Crippen molar-refractivity contribution < 1.29 is 9.90 Å². The van der Waals surface area contributed by atoms with E-state index in [9.17, 15) is 4.79 Å². The SMILES string of the molecule is Cc1nc(C(=O)N2CCCN(CCO)CC2)n[nH]1. The lowest BCUT2D eigenvalue weighted by molar-refractivity contribution is 0.0748. The first kappa shape index (κ1) is 13.0. The number of amides is 1. The van der Waals surface area contributed by atoms with E-state index >= 15 is 0 Å². The smallest absolute Gasteiger partial charge is 0.293 e. The fourth-order valence-electron chi connectivity index (χ4n) is 2.12. The van der Waals surface area contributed by atoms with Gasteiger partial charge in [0.25, 0.3) is 5.91 Å². The Balaban J connectivity index is 1.95. The van der Waals surface area contributed by atoms with Crippen LogP contribution in [0.5, 0.6) is 0 Å². The Bertz CT molecular complexity index is 406. The van der Waals surface area contributed by atoms with Gasteiger partial charge < -0.3 is 10.0 Å². The van der Waals surface area contributed by atoms with Gasteiger partial charge in [0.15, 0.2) is 0 Å². The van der Waals surface area contributed by atoms with Crippen molar-refractivity contribution in [2.45, 2.75) is 13.3 Å². The highest BCUT2D eigenvalue weighted by Gasteiger charge is 2.22. The molecule has 1 aromatic heterocycles. The van der Waals surface area contributed by atoms with Gasteiger partial charge in [-0.3, -0.25) is 14.8 Å². The summed E-state index contributed by atoms with van der Waals surface area (Å²) in [5.74, 6) is 0.767. The van der Waals surface area contributed by atoms with Crippen LogP contribution in [-0.2, 0) is 0 Å². The van der Waals surface area contributed by atoms with E-state index < -0.39 is 0 Å². The molecule has 0 aliphatic carbocycles. The number of aromatic nitrogens is 3. The van der Waals surface area contributed by atoms with E-state index in [1.165, 1.54) is 0 Å². The van der Waals surface area contributed by atoms with Crippen LogP contribution in [0.2, 0.25) is 0 Å². The molecule has 2 rings (SSSR count). The van der Waals surface area contributed by atoms with Crippen molar-refractivity contribution in [2.24, 2.45) is 0 Å². The third-order valence-corrected chi connectivity index (χ3v) is 3.08. The van der Waals surface area contributed by atoms with E-state index in [0.717, 1.165) is 19.5 Å². The number of aliphatic hydroxyl groups is 1. The third-order valence-electron chi connectivity index (χ3n) is 3.08. The van der Waals surface area contributed by atoms with Crippen molar-refractivity contribution in [1.82, 2.24) is 25.0 Å². The fourth-order valence-corrected chi connectivity index (χ4v) is 2.12. The number of hydrogen-bond donors (Lipinski definition) is 2. The number of β-amino-alcohol motifs (C(OH)–C–C–N with tert-alkyl or cyclic N) is 1. The number of aryl methyl sites for hydroxylation is 1. The molecule has 7 nitrogen and oxygen atoms in total. The van der Waals surface area contributed by atoms with Crippen LogP contribution in [0.3, 0.4) is 0 Å². The summed E-state index contributed by atoms with van der Waals surface area (Å²) in [4.78, 5) is 20.1. The summed E-state index contributed by atoms with van der Waals surface area (Å²) >= 11 is 0. The second kappa shape index (κ2) is 5.92. The average Bonchev–Trinajstić information content (AvgIpc) is 2.65. The van der Waals surface area contributed by atoms with Gasteiger partial charge in [0.1, 0.15) is 5.82 Å². The van der Waals surface area contributed by atoms with Crippen molar-refractivity contribution in [3.63, 3.8) is 0 Å². The lowest BCUT2D eigenvalue weighted by atomic mass is 10.3. The molecular weight excluding hydrogens is 234 g/mol. The van der Waals surface area contributed by atoms with Crippen LogP contribution >= 0.6 is 0 Å². The Kier molecular flexibility index (Phi) is 4.27. The number of hydrogen-bond acceptors (Lipinski definition) is 5. The largest absolute Gasteiger partial charge is 0.395 e. The van der Waals surface area contributed by atoms with Crippen LogP contribution in [0.25, 0.3) is 0 Å². The minimum absolute atomic E-state index is 0.120. The first-order valence-corrected chi connectivity index (χ1v) is 6.22. The molecule has 2 N–H and O–H groups in total. The number of rotatable bonds is 3. The normalized spacial score (nSPS) is 17.8. The monoisotopic (exact) mass is 253 g/mol. The molecule has 1 aliphatic rings. The van der Waals surface area contributed by atoms with Gasteiger partial charge in [-0.15, -0.1) is 5.10 Å². The fraction of sp³-hybridized carbons (Fsp3) is 0.727. The summed E-state index contributed by atoms with van der Waals surface area (Å²) in [6.45, 7) is 5.68. The Morgan fingerprint density at radius 2 is 2.22 bits per heavy atom. The first-order chi connectivity index (χ1) is 8.70. The second-order valence-corrected chi connectivity index (χ2v) is 4.46. The van der Waals surface area contributed by atoms with Gasteiger partial charge in [0.05, 0.1) is 6.61 Å². The lowest BCUT2D eigenvalue weighted by Crippen LogP contribution is -2.36. The molecule has 100 valence electrons. The van der Waals surface area contributed by atoms with E-state index in [2.05, 4.69) is 20.1 Å². The van der Waals surface area contributed by atoms with Crippen molar-refractivity contribution in [2.75, 3.05) is 39.3 Å². The van der Waals surface area contributed by atoms with Crippen LogP contribution < -0.4 is 0 Å². The minimum atomic E-state index is -0.120. The molecule has 2 heterocycles. The summed E-state index contributed by atoms with van der Waals surface area (Å²) in [5, 5.41) is 15.5. The zero-order valence-corrected chi connectivity index (χ0v) is 10.6. The zero-order valence-electron chi connectivity index (χ0n) is 10.6. The Morgan fingerprint density at radius 1 is 1.39 bits per heavy atom. The highest BCUT2D eigenvalue weighted by atomic mass is 16.3. The van der Waals surface area contributed by atoms with Crippen molar-refractivity contribution in [1.29, 1.82) is 0 Å². The Morgan fingerprint density at radius 3 is 2.89 bits per heavy atom. The molecule has 0 saturated carbocycles. The number of nitrogens with zero attached hydrogens (tertiary/aromatic N) is 4. The van der Waals surface area contributed by atoms with E-state index in [1.54, 1.807) is 11.8 Å². The maximum atomic E-state index is 12.1. The predicted octanol–water partition coefficient (Wildman–Crippen LogP) is -0.747. The van der Waals surface area contributed by atoms with Crippen LogP contribution in [0.15, 0.2) is 0 Å². The number of aliphatic hydroxyl groups excluding tert-OH is 1. The van der Waals surface area contributed by atoms with Crippen molar-refractivity contribution >= 4 is 5.91 Å². The second-order valence-electron chi connectivity index (χ2n) is 4.46. The molecule has 1 fully saturated rings. The predicted molar refractivity (Wildman–Crippen MR) is 65.2 cm³/mol. The van der Waals surface area contributed by atoms with E-state index in [4.69, 9.17) is 5.11 Å². The van der Waals surface area contributed by atoms with Crippen molar-refractivity contribution in [3.05, 3.63) is 11.6 Å². The van der Waals surface area contributed by atoms with Gasteiger partial charge in [-0.25, -0.2) is 4.98 Å². The number of H-pyrrole nitrogens is 1. The van der Waals surface area contributed by atoms with E-state index in [0.29, 0.717) is 25.5 Å². The molecular formula is C11H19N5O2. The van der Waals surface area contributed by atoms with Crippen molar-refractivity contribution in [3.8, 4) is 0 Å². The molecule has 0 atom stereocenters. The molecule has 0 radical (unpaired) electrons. The summed E-state index contributed by atoms with van der Waals surface area (Å²) in [5.41, 5.74) is 0. The van der Waals surface area contributed by atoms with Gasteiger partial charge in [0.2, 0.25) is 5.82 Å². The first-order valence-electron chi connectivity index (χ1n) is 6.22. The summed E-state index contributed by atoms with van der Waals surface area (Å²) < 4.78 is 0.